The van der Waals surface area contributed by atoms with Gasteiger partial charge in [-0.2, -0.15) is 5.26 Å². The van der Waals surface area contributed by atoms with Crippen LogP contribution in [0.3, 0.4) is 0 Å². The van der Waals surface area contributed by atoms with Crippen molar-refractivity contribution < 1.29 is 13.9 Å². The molecule has 0 radical (unpaired) electrons. The quantitative estimate of drug-likeness (QED) is 0.613. The summed E-state index contributed by atoms with van der Waals surface area (Å²) in [5, 5.41) is 14.9. The third-order valence-corrected chi connectivity index (χ3v) is 4.16. The SMILES string of the molecule is CC(Nc1cccc(OCc2cccc(F)c2)c1)C(=O)Nc1cccc(C#N)c1. The molecule has 0 aliphatic carbocycles. The summed E-state index contributed by atoms with van der Waals surface area (Å²) in [6.45, 7) is 1.98. The first-order chi connectivity index (χ1) is 14.0. The second-order valence-corrected chi connectivity index (χ2v) is 6.49. The number of rotatable bonds is 7. The van der Waals surface area contributed by atoms with Gasteiger partial charge in [-0.05, 0) is 55.0 Å². The van der Waals surface area contributed by atoms with Crippen LogP contribution in [0.1, 0.15) is 18.1 Å². The number of anilines is 2. The van der Waals surface area contributed by atoms with Crippen LogP contribution in [0.25, 0.3) is 0 Å². The van der Waals surface area contributed by atoms with Gasteiger partial charge in [-0.25, -0.2) is 4.39 Å². The van der Waals surface area contributed by atoms with Crippen LogP contribution in [0.15, 0.2) is 72.8 Å². The number of carbonyl (C=O) groups excluding carboxylic acids is 1. The van der Waals surface area contributed by atoms with Crippen molar-refractivity contribution in [1.82, 2.24) is 0 Å². The first-order valence-electron chi connectivity index (χ1n) is 9.08. The number of benzene rings is 3. The minimum absolute atomic E-state index is 0.230. The van der Waals surface area contributed by atoms with Crippen molar-refractivity contribution >= 4 is 17.3 Å². The molecule has 0 fully saturated rings. The van der Waals surface area contributed by atoms with E-state index >= 15 is 0 Å². The van der Waals surface area contributed by atoms with Crippen LogP contribution in [0.5, 0.6) is 5.75 Å². The summed E-state index contributed by atoms with van der Waals surface area (Å²) in [6.07, 6.45) is 0. The van der Waals surface area contributed by atoms with E-state index in [1.807, 2.05) is 18.2 Å². The number of hydrogen-bond acceptors (Lipinski definition) is 4. The molecule has 0 heterocycles. The van der Waals surface area contributed by atoms with Crippen LogP contribution in [0, 0.1) is 17.1 Å². The number of nitrogens with one attached hydrogen (secondary N) is 2. The van der Waals surface area contributed by atoms with Gasteiger partial charge in [-0.15, -0.1) is 0 Å². The number of nitrogens with zero attached hydrogens (tertiary/aromatic N) is 1. The zero-order valence-corrected chi connectivity index (χ0v) is 15.9. The van der Waals surface area contributed by atoms with Crippen LogP contribution in [0.2, 0.25) is 0 Å². The Morgan fingerprint density at radius 1 is 1.07 bits per heavy atom. The lowest BCUT2D eigenvalue weighted by Gasteiger charge is -2.16. The molecule has 0 aromatic heterocycles. The fraction of sp³-hybridized carbons (Fsp3) is 0.130. The Hall–Kier alpha value is -3.85. The predicted molar refractivity (Wildman–Crippen MR) is 110 cm³/mol. The van der Waals surface area contributed by atoms with E-state index in [0.29, 0.717) is 17.0 Å². The molecule has 0 bridgehead atoms. The third kappa shape index (κ3) is 5.81. The third-order valence-electron chi connectivity index (χ3n) is 4.16. The average Bonchev–Trinajstić information content (AvgIpc) is 2.72. The zero-order chi connectivity index (χ0) is 20.6. The van der Waals surface area contributed by atoms with Gasteiger partial charge >= 0.3 is 0 Å². The molecular weight excluding hydrogens is 369 g/mol. The molecule has 3 aromatic carbocycles. The van der Waals surface area contributed by atoms with Gasteiger partial charge in [-0.1, -0.05) is 24.3 Å². The molecule has 3 rings (SSSR count). The highest BCUT2D eigenvalue weighted by Gasteiger charge is 2.13. The topological polar surface area (TPSA) is 74.2 Å². The van der Waals surface area contributed by atoms with Crippen LogP contribution < -0.4 is 15.4 Å². The summed E-state index contributed by atoms with van der Waals surface area (Å²) < 4.78 is 19.0. The Bertz CT molecular complexity index is 1050. The lowest BCUT2D eigenvalue weighted by atomic mass is 10.2. The van der Waals surface area contributed by atoms with E-state index in [2.05, 4.69) is 10.6 Å². The number of halogens is 1. The fourth-order valence-electron chi connectivity index (χ4n) is 2.70. The Morgan fingerprint density at radius 2 is 1.83 bits per heavy atom. The van der Waals surface area contributed by atoms with E-state index in [4.69, 9.17) is 10.00 Å². The number of ether oxygens (including phenoxy) is 1. The van der Waals surface area contributed by atoms with Gasteiger partial charge in [0.05, 0.1) is 11.6 Å². The molecular formula is C23H20FN3O2. The molecule has 0 saturated carbocycles. The highest BCUT2D eigenvalue weighted by Crippen LogP contribution is 2.20. The van der Waals surface area contributed by atoms with Crippen molar-refractivity contribution in [3.05, 3.63) is 89.7 Å². The summed E-state index contributed by atoms with van der Waals surface area (Å²) >= 11 is 0. The molecule has 1 amide bonds. The van der Waals surface area contributed by atoms with E-state index in [1.165, 1.54) is 12.1 Å². The van der Waals surface area contributed by atoms with Gasteiger partial charge in [-0.3, -0.25) is 4.79 Å². The van der Waals surface area contributed by atoms with Crippen molar-refractivity contribution in [3.63, 3.8) is 0 Å². The van der Waals surface area contributed by atoms with Crippen LogP contribution in [-0.4, -0.2) is 11.9 Å². The summed E-state index contributed by atoms with van der Waals surface area (Å²) in [6, 6.07) is 21.7. The number of hydrogen-bond donors (Lipinski definition) is 2. The maximum Gasteiger partial charge on any atom is 0.246 e. The number of nitriles is 1. The molecule has 3 aromatic rings. The second kappa shape index (κ2) is 9.38. The molecule has 2 N–H and O–H groups in total. The summed E-state index contributed by atoms with van der Waals surface area (Å²) in [5.74, 6) is 0.0708. The normalized spacial score (nSPS) is 11.2. The second-order valence-electron chi connectivity index (χ2n) is 6.49. The van der Waals surface area contributed by atoms with Crippen molar-refractivity contribution in [1.29, 1.82) is 5.26 Å². The molecule has 146 valence electrons. The lowest BCUT2D eigenvalue weighted by Crippen LogP contribution is -2.31. The maximum absolute atomic E-state index is 13.3. The van der Waals surface area contributed by atoms with Gasteiger partial charge in [0.1, 0.15) is 24.2 Å². The monoisotopic (exact) mass is 389 g/mol. The number of carbonyl (C=O) groups is 1. The first kappa shape index (κ1) is 19.9. The van der Waals surface area contributed by atoms with E-state index in [9.17, 15) is 9.18 Å². The molecule has 6 heteroatoms. The van der Waals surface area contributed by atoms with Crippen molar-refractivity contribution in [2.24, 2.45) is 0 Å². The standard InChI is InChI=1S/C23H20FN3O2/c1-16(23(28)27-20-8-3-5-17(12-20)14-25)26-21-9-4-10-22(13-21)29-15-18-6-2-7-19(24)11-18/h2-13,16,26H,15H2,1H3,(H,27,28). The van der Waals surface area contributed by atoms with Crippen molar-refractivity contribution in [2.45, 2.75) is 19.6 Å². The Morgan fingerprint density at radius 3 is 2.62 bits per heavy atom. The number of amides is 1. The Labute approximate surface area is 168 Å². The van der Waals surface area contributed by atoms with E-state index in [-0.39, 0.29) is 18.3 Å². The Kier molecular flexibility index (Phi) is 6.43. The van der Waals surface area contributed by atoms with E-state index < -0.39 is 6.04 Å². The molecule has 1 unspecified atom stereocenters. The minimum Gasteiger partial charge on any atom is -0.489 e. The fourth-order valence-corrected chi connectivity index (χ4v) is 2.70. The van der Waals surface area contributed by atoms with E-state index in [0.717, 1.165) is 11.3 Å². The molecule has 0 aliphatic rings. The molecule has 0 aliphatic heterocycles. The lowest BCUT2D eigenvalue weighted by molar-refractivity contribution is -0.116. The summed E-state index contributed by atoms with van der Waals surface area (Å²) in [5.41, 5.74) is 2.49. The van der Waals surface area contributed by atoms with Gasteiger partial charge in [0.25, 0.3) is 0 Å². The first-order valence-corrected chi connectivity index (χ1v) is 9.08. The molecule has 5 nitrogen and oxygen atoms in total. The summed E-state index contributed by atoms with van der Waals surface area (Å²) in [7, 11) is 0. The van der Waals surface area contributed by atoms with Crippen LogP contribution in [0.4, 0.5) is 15.8 Å². The predicted octanol–water partition coefficient (Wildman–Crippen LogP) is 4.72. The Balaban J connectivity index is 1.58. The van der Waals surface area contributed by atoms with Gasteiger partial charge in [0.15, 0.2) is 0 Å². The molecule has 0 saturated heterocycles. The molecule has 0 spiro atoms. The average molecular weight is 389 g/mol. The van der Waals surface area contributed by atoms with Crippen LogP contribution in [-0.2, 0) is 11.4 Å². The van der Waals surface area contributed by atoms with Crippen molar-refractivity contribution in [2.75, 3.05) is 10.6 Å². The van der Waals surface area contributed by atoms with Gasteiger partial charge in [0, 0.05) is 17.4 Å². The highest BCUT2D eigenvalue weighted by atomic mass is 19.1. The molecule has 1 atom stereocenters. The van der Waals surface area contributed by atoms with Gasteiger partial charge in [0.2, 0.25) is 5.91 Å². The largest absolute Gasteiger partial charge is 0.489 e. The van der Waals surface area contributed by atoms with Crippen molar-refractivity contribution in [3.8, 4) is 11.8 Å². The van der Waals surface area contributed by atoms with E-state index in [1.54, 1.807) is 55.5 Å². The highest BCUT2D eigenvalue weighted by molar-refractivity contribution is 5.96. The summed E-state index contributed by atoms with van der Waals surface area (Å²) in [4.78, 5) is 12.4. The van der Waals surface area contributed by atoms with Gasteiger partial charge < -0.3 is 15.4 Å². The molecule has 29 heavy (non-hydrogen) atoms. The zero-order valence-electron chi connectivity index (χ0n) is 15.9. The minimum atomic E-state index is -0.515. The van der Waals surface area contributed by atoms with Crippen LogP contribution >= 0.6 is 0 Å². The smallest absolute Gasteiger partial charge is 0.246 e. The maximum atomic E-state index is 13.3.